The molecule has 0 aliphatic carbocycles. The summed E-state index contributed by atoms with van der Waals surface area (Å²) in [4.78, 5) is 27.7. The minimum atomic E-state index is -4.07. The van der Waals surface area contributed by atoms with Gasteiger partial charge in [0.2, 0.25) is 15.9 Å². The number of carbonyl (C=O) groups excluding carboxylic acids is 2. The Labute approximate surface area is 146 Å². The number of primary sulfonamides is 1. The molecule has 1 aliphatic heterocycles. The van der Waals surface area contributed by atoms with Crippen LogP contribution in [0.3, 0.4) is 0 Å². The Bertz CT molecular complexity index is 795. The summed E-state index contributed by atoms with van der Waals surface area (Å²) in [6, 6.07) is 2.04. The molecule has 2 N–H and O–H groups in total. The topological polar surface area (TPSA) is 101 Å². The third kappa shape index (κ3) is 4.16. The number of amides is 2. The van der Waals surface area contributed by atoms with Crippen LogP contribution < -0.4 is 5.14 Å². The maximum Gasteiger partial charge on any atom is 0.257 e. The fourth-order valence-corrected chi connectivity index (χ4v) is 3.37. The van der Waals surface area contributed by atoms with Crippen molar-refractivity contribution in [1.82, 2.24) is 9.80 Å². The quantitative estimate of drug-likeness (QED) is 0.846. The molecule has 0 aromatic heterocycles. The van der Waals surface area contributed by atoms with E-state index in [1.54, 1.807) is 11.8 Å². The first-order valence-electron chi connectivity index (χ1n) is 7.94. The maximum absolute atomic E-state index is 14.1. The molecule has 1 heterocycles. The number of carbonyl (C=O) groups is 2. The molecule has 2 amide bonds. The Morgan fingerprint density at radius 2 is 2.00 bits per heavy atom. The summed E-state index contributed by atoms with van der Waals surface area (Å²) in [5.74, 6) is -1.51. The van der Waals surface area contributed by atoms with Crippen LogP contribution in [0.1, 0.15) is 31.1 Å². The second kappa shape index (κ2) is 7.09. The Morgan fingerprint density at radius 3 is 2.56 bits per heavy atom. The predicted octanol–water partition coefficient (Wildman–Crippen LogP) is 0.802. The summed E-state index contributed by atoms with van der Waals surface area (Å²) in [6.45, 7) is 6.74. The highest BCUT2D eigenvalue weighted by atomic mass is 32.2. The summed E-state index contributed by atoms with van der Waals surface area (Å²) >= 11 is 0. The second-order valence-corrected chi connectivity index (χ2v) is 8.10. The van der Waals surface area contributed by atoms with E-state index in [9.17, 15) is 22.4 Å². The summed E-state index contributed by atoms with van der Waals surface area (Å²) in [6.07, 6.45) is 0. The zero-order chi connectivity index (χ0) is 18.9. The number of sulfonamides is 1. The average molecular weight is 371 g/mol. The third-order valence-electron chi connectivity index (χ3n) is 4.09. The maximum atomic E-state index is 14.1. The minimum absolute atomic E-state index is 0.212. The van der Waals surface area contributed by atoms with Crippen LogP contribution in [0.15, 0.2) is 23.1 Å². The Balaban J connectivity index is 2.28. The number of rotatable bonds is 4. The molecule has 9 heteroatoms. The molecule has 1 aromatic carbocycles. The highest BCUT2D eigenvalue weighted by Gasteiger charge is 2.35. The van der Waals surface area contributed by atoms with Crippen LogP contribution >= 0.6 is 0 Å². The number of hydrogen-bond donors (Lipinski definition) is 1. The van der Waals surface area contributed by atoms with Gasteiger partial charge in [-0.25, -0.2) is 17.9 Å². The van der Waals surface area contributed by atoms with E-state index in [2.05, 4.69) is 0 Å². The number of nitrogens with two attached hydrogens (primary N) is 1. The number of nitrogens with zero attached hydrogens (tertiary/aromatic N) is 2. The monoisotopic (exact) mass is 371 g/mol. The molecule has 0 saturated carbocycles. The van der Waals surface area contributed by atoms with Crippen molar-refractivity contribution in [2.45, 2.75) is 31.7 Å². The molecule has 1 saturated heterocycles. The van der Waals surface area contributed by atoms with Gasteiger partial charge in [0.25, 0.3) is 5.91 Å². The van der Waals surface area contributed by atoms with Crippen molar-refractivity contribution in [3.8, 4) is 0 Å². The van der Waals surface area contributed by atoms with Crippen molar-refractivity contribution in [1.29, 1.82) is 0 Å². The molecule has 1 aromatic rings. The van der Waals surface area contributed by atoms with Gasteiger partial charge in [0.05, 0.1) is 10.5 Å². The summed E-state index contributed by atoms with van der Waals surface area (Å²) < 4.78 is 36.9. The number of piperazine rings is 1. The van der Waals surface area contributed by atoms with Gasteiger partial charge in [0.15, 0.2) is 0 Å². The van der Waals surface area contributed by atoms with Crippen molar-refractivity contribution in [3.63, 3.8) is 0 Å². The smallest absolute Gasteiger partial charge is 0.257 e. The summed E-state index contributed by atoms with van der Waals surface area (Å²) in [5.41, 5.74) is -0.413. The average Bonchev–Trinajstić information content (AvgIpc) is 2.50. The molecule has 1 atom stereocenters. The van der Waals surface area contributed by atoms with E-state index in [0.29, 0.717) is 19.0 Å². The lowest BCUT2D eigenvalue weighted by Crippen LogP contribution is -2.58. The molecule has 0 spiro atoms. The predicted molar refractivity (Wildman–Crippen MR) is 89.7 cm³/mol. The first-order chi connectivity index (χ1) is 11.5. The lowest BCUT2D eigenvalue weighted by Gasteiger charge is -2.39. The van der Waals surface area contributed by atoms with Gasteiger partial charge < -0.3 is 9.80 Å². The van der Waals surface area contributed by atoms with Gasteiger partial charge in [-0.15, -0.1) is 0 Å². The normalized spacial score (nSPS) is 18.8. The lowest BCUT2D eigenvalue weighted by molar-refractivity contribution is -0.140. The molecule has 138 valence electrons. The van der Waals surface area contributed by atoms with Crippen molar-refractivity contribution in [2.24, 2.45) is 11.1 Å². The van der Waals surface area contributed by atoms with Crippen molar-refractivity contribution < 1.29 is 22.4 Å². The van der Waals surface area contributed by atoms with Gasteiger partial charge in [-0.1, -0.05) is 13.8 Å². The van der Waals surface area contributed by atoms with E-state index >= 15 is 0 Å². The van der Waals surface area contributed by atoms with Gasteiger partial charge in [0, 0.05) is 19.6 Å². The second-order valence-electron chi connectivity index (χ2n) is 6.54. The van der Waals surface area contributed by atoms with Crippen molar-refractivity contribution in [2.75, 3.05) is 19.6 Å². The van der Waals surface area contributed by atoms with Crippen LogP contribution in [0, 0.1) is 11.7 Å². The first kappa shape index (κ1) is 19.3. The van der Waals surface area contributed by atoms with E-state index < -0.39 is 33.4 Å². The Kier molecular flexibility index (Phi) is 5.48. The number of hydrogen-bond acceptors (Lipinski definition) is 4. The Morgan fingerprint density at radius 1 is 1.36 bits per heavy atom. The largest absolute Gasteiger partial charge is 0.339 e. The molecular formula is C16H22FN3O4S. The van der Waals surface area contributed by atoms with Gasteiger partial charge in [-0.3, -0.25) is 9.59 Å². The highest BCUT2D eigenvalue weighted by molar-refractivity contribution is 7.89. The van der Waals surface area contributed by atoms with E-state index in [1.165, 1.54) is 4.90 Å². The SMILES string of the molecule is CC(C)CN1CCN(C(=O)c2cc(S(N)(=O)=O)ccc2F)[C@@H](C)C1=O. The highest BCUT2D eigenvalue weighted by Crippen LogP contribution is 2.20. The van der Waals surface area contributed by atoms with Gasteiger partial charge in [0.1, 0.15) is 11.9 Å². The van der Waals surface area contributed by atoms with Crippen LogP contribution in [0.25, 0.3) is 0 Å². The van der Waals surface area contributed by atoms with Gasteiger partial charge in [-0.05, 0) is 31.0 Å². The van der Waals surface area contributed by atoms with Crippen LogP contribution in [0.2, 0.25) is 0 Å². The fraction of sp³-hybridized carbons (Fsp3) is 0.500. The molecular weight excluding hydrogens is 349 g/mol. The van der Waals surface area contributed by atoms with Gasteiger partial charge >= 0.3 is 0 Å². The van der Waals surface area contributed by atoms with Crippen LogP contribution in [-0.4, -0.2) is 55.7 Å². The fourth-order valence-electron chi connectivity index (χ4n) is 2.83. The summed E-state index contributed by atoms with van der Waals surface area (Å²) in [5, 5.41) is 5.03. The van der Waals surface area contributed by atoms with Gasteiger partial charge in [-0.2, -0.15) is 0 Å². The van der Waals surface area contributed by atoms with E-state index in [-0.39, 0.29) is 17.3 Å². The molecule has 1 fully saturated rings. The molecule has 7 nitrogen and oxygen atoms in total. The zero-order valence-corrected chi connectivity index (χ0v) is 15.2. The van der Waals surface area contributed by atoms with Crippen LogP contribution in [0.4, 0.5) is 4.39 Å². The van der Waals surface area contributed by atoms with E-state index in [0.717, 1.165) is 18.2 Å². The molecule has 2 rings (SSSR count). The summed E-state index contributed by atoms with van der Waals surface area (Å²) in [7, 11) is -4.07. The van der Waals surface area contributed by atoms with Crippen LogP contribution in [0.5, 0.6) is 0 Å². The minimum Gasteiger partial charge on any atom is -0.339 e. The zero-order valence-electron chi connectivity index (χ0n) is 14.4. The number of benzene rings is 1. The van der Waals surface area contributed by atoms with E-state index in [4.69, 9.17) is 5.14 Å². The lowest BCUT2D eigenvalue weighted by atomic mass is 10.1. The molecule has 25 heavy (non-hydrogen) atoms. The first-order valence-corrected chi connectivity index (χ1v) is 9.49. The number of halogens is 1. The standard InChI is InChI=1S/C16H22FN3O4S/c1-10(2)9-19-6-7-20(11(3)15(19)21)16(22)13-8-12(25(18,23)24)4-5-14(13)17/h4-5,8,10-11H,6-7,9H2,1-3H3,(H2,18,23,24)/t11-/m0/s1. The van der Waals surface area contributed by atoms with Crippen molar-refractivity contribution in [3.05, 3.63) is 29.6 Å². The Hall–Kier alpha value is -2.00. The van der Waals surface area contributed by atoms with Crippen molar-refractivity contribution >= 4 is 21.8 Å². The molecule has 0 bridgehead atoms. The molecule has 1 aliphatic rings. The van der Waals surface area contributed by atoms with E-state index in [1.807, 2.05) is 13.8 Å². The molecule has 0 radical (unpaired) electrons. The molecule has 0 unspecified atom stereocenters. The van der Waals surface area contributed by atoms with Crippen LogP contribution in [-0.2, 0) is 14.8 Å². The third-order valence-corrected chi connectivity index (χ3v) is 5.00.